The van der Waals surface area contributed by atoms with Gasteiger partial charge in [0.1, 0.15) is 0 Å². The first-order valence-corrected chi connectivity index (χ1v) is 7.30. The number of hydrogen-bond donors (Lipinski definition) is 0. The van der Waals surface area contributed by atoms with E-state index in [1.807, 2.05) is 0 Å². The van der Waals surface area contributed by atoms with Gasteiger partial charge in [0.2, 0.25) is 0 Å². The molecule has 0 radical (unpaired) electrons. The Morgan fingerprint density at radius 2 is 1.60 bits per heavy atom. The first-order valence-electron chi connectivity index (χ1n) is 5.09. The zero-order chi connectivity index (χ0) is 15.1. The molecule has 1 aromatic carbocycles. The Bertz CT molecular complexity index is 674. The quantitative estimate of drug-likeness (QED) is 0.364. The summed E-state index contributed by atoms with van der Waals surface area (Å²) >= 11 is 19.2. The lowest BCUT2D eigenvalue weighted by atomic mass is 10.1. The lowest BCUT2D eigenvalue weighted by Crippen LogP contribution is -2.11. The molecule has 106 valence electrons. The minimum absolute atomic E-state index is 0.00929. The molecule has 0 aliphatic rings. The largest absolute Gasteiger partial charge is 0.434 e. The molecule has 0 N–H and O–H groups in total. The van der Waals surface area contributed by atoms with Gasteiger partial charge < -0.3 is 0 Å². The Kier molecular flexibility index (Phi) is 4.73. The van der Waals surface area contributed by atoms with Crippen LogP contribution in [-0.2, 0) is 6.18 Å². The molecule has 20 heavy (non-hydrogen) atoms. The zero-order valence-electron chi connectivity index (χ0n) is 9.40. The summed E-state index contributed by atoms with van der Waals surface area (Å²) in [5.41, 5.74) is -0.581. The van der Waals surface area contributed by atoms with Gasteiger partial charge in [0.05, 0.1) is 20.8 Å². The fourth-order valence-corrected chi connectivity index (χ4v) is 2.75. The van der Waals surface area contributed by atoms with Crippen molar-refractivity contribution in [2.24, 2.45) is 0 Å². The lowest BCUT2D eigenvalue weighted by molar-refractivity contribution is -0.141. The summed E-state index contributed by atoms with van der Waals surface area (Å²) in [6.07, 6.45) is -4.53. The molecule has 0 fully saturated rings. The fourth-order valence-electron chi connectivity index (χ4n) is 1.51. The topological polar surface area (TPSA) is 12.9 Å². The number of pyridine rings is 1. The zero-order valence-corrected chi connectivity index (χ0v) is 13.8. The Labute approximate surface area is 141 Å². The van der Waals surface area contributed by atoms with E-state index in [1.54, 1.807) is 22.6 Å². The number of halogens is 7. The molecule has 0 saturated heterocycles. The van der Waals surface area contributed by atoms with Crippen LogP contribution < -0.4 is 0 Å². The highest BCUT2D eigenvalue weighted by Crippen LogP contribution is 2.39. The molecule has 1 aromatic heterocycles. The van der Waals surface area contributed by atoms with Crippen molar-refractivity contribution in [3.63, 3.8) is 0 Å². The van der Waals surface area contributed by atoms with Crippen molar-refractivity contribution >= 4 is 57.4 Å². The van der Waals surface area contributed by atoms with Crippen molar-refractivity contribution in [2.45, 2.75) is 6.18 Å². The van der Waals surface area contributed by atoms with Crippen molar-refractivity contribution in [3.8, 4) is 11.3 Å². The van der Waals surface area contributed by atoms with Crippen molar-refractivity contribution in [2.75, 3.05) is 0 Å². The van der Waals surface area contributed by atoms with Crippen LogP contribution in [0.15, 0.2) is 24.3 Å². The normalized spacial score (nSPS) is 11.8. The van der Waals surface area contributed by atoms with E-state index >= 15 is 0 Å². The number of hydrogen-bond acceptors (Lipinski definition) is 1. The van der Waals surface area contributed by atoms with E-state index in [2.05, 4.69) is 4.98 Å². The lowest BCUT2D eigenvalue weighted by Gasteiger charge is -2.12. The molecule has 0 saturated carbocycles. The monoisotopic (exact) mass is 451 g/mol. The molecule has 0 atom stereocenters. The number of aromatic nitrogens is 1. The number of benzene rings is 1. The van der Waals surface area contributed by atoms with Gasteiger partial charge >= 0.3 is 6.18 Å². The number of nitrogens with zero attached hydrogens (tertiary/aromatic N) is 1. The molecule has 0 aliphatic carbocycles. The molecule has 8 heteroatoms. The third kappa shape index (κ3) is 3.16. The van der Waals surface area contributed by atoms with Crippen LogP contribution in [0.3, 0.4) is 0 Å². The first kappa shape index (κ1) is 16.1. The highest BCUT2D eigenvalue weighted by Gasteiger charge is 2.35. The van der Waals surface area contributed by atoms with Crippen molar-refractivity contribution in [1.29, 1.82) is 0 Å². The van der Waals surface area contributed by atoms with Crippen LogP contribution in [0, 0.1) is 3.57 Å². The van der Waals surface area contributed by atoms with E-state index in [1.165, 1.54) is 24.3 Å². The molecule has 0 bridgehead atoms. The van der Waals surface area contributed by atoms with Crippen LogP contribution in [0.2, 0.25) is 15.1 Å². The predicted octanol–water partition coefficient (Wildman–Crippen LogP) is 6.33. The van der Waals surface area contributed by atoms with Gasteiger partial charge in [-0.2, -0.15) is 13.2 Å². The summed E-state index contributed by atoms with van der Waals surface area (Å²) in [6, 6.07) is 5.71. The Hall–Kier alpha value is -0.240. The van der Waals surface area contributed by atoms with Gasteiger partial charge in [0, 0.05) is 9.13 Å². The third-order valence-corrected chi connectivity index (χ3v) is 4.59. The second-order valence-corrected chi connectivity index (χ2v) is 6.07. The van der Waals surface area contributed by atoms with Gasteiger partial charge in [-0.05, 0) is 46.9 Å². The first-order chi connectivity index (χ1) is 9.21. The van der Waals surface area contributed by atoms with Crippen LogP contribution in [0.25, 0.3) is 11.3 Å². The summed E-state index contributed by atoms with van der Waals surface area (Å²) in [5.74, 6) is 0. The third-order valence-electron chi connectivity index (χ3n) is 2.43. The molecule has 2 rings (SSSR count). The van der Waals surface area contributed by atoms with Crippen LogP contribution in [0.4, 0.5) is 13.2 Å². The maximum atomic E-state index is 12.8. The van der Waals surface area contributed by atoms with E-state index in [0.29, 0.717) is 5.56 Å². The maximum absolute atomic E-state index is 12.8. The van der Waals surface area contributed by atoms with Gasteiger partial charge in [-0.3, -0.25) is 0 Å². The molecule has 0 unspecified atom stereocenters. The Balaban J connectivity index is 2.63. The highest BCUT2D eigenvalue weighted by atomic mass is 127. The smallest absolute Gasteiger partial charge is 0.242 e. The maximum Gasteiger partial charge on any atom is 0.434 e. The standard InChI is InChI=1S/C12H4Cl3F3IN/c13-6-2-1-5(9(14)10(6)15)8-4-3-7(19)11(20-8)12(16,17)18/h1-4H. The van der Waals surface area contributed by atoms with Crippen LogP contribution in [0.1, 0.15) is 5.69 Å². The SMILES string of the molecule is FC(F)(F)c1nc(-c2ccc(Cl)c(Cl)c2Cl)ccc1I. The molecule has 0 aliphatic heterocycles. The summed E-state index contributed by atoms with van der Waals surface area (Å²) in [4.78, 5) is 3.63. The van der Waals surface area contributed by atoms with Crippen molar-refractivity contribution < 1.29 is 13.2 Å². The molecule has 2 aromatic rings. The van der Waals surface area contributed by atoms with E-state index in [4.69, 9.17) is 34.8 Å². The minimum atomic E-state index is -4.53. The Morgan fingerprint density at radius 1 is 0.950 bits per heavy atom. The molecular weight excluding hydrogens is 448 g/mol. The summed E-state index contributed by atoms with van der Waals surface area (Å²) in [7, 11) is 0. The minimum Gasteiger partial charge on any atom is -0.242 e. The van der Waals surface area contributed by atoms with Gasteiger partial charge in [0.25, 0.3) is 0 Å². The summed E-state index contributed by atoms with van der Waals surface area (Å²) in [6.45, 7) is 0. The number of rotatable bonds is 1. The van der Waals surface area contributed by atoms with Crippen LogP contribution in [-0.4, -0.2) is 4.98 Å². The average molecular weight is 452 g/mol. The molecule has 1 nitrogen and oxygen atoms in total. The van der Waals surface area contributed by atoms with E-state index in [0.717, 1.165) is 0 Å². The van der Waals surface area contributed by atoms with Gasteiger partial charge in [-0.15, -0.1) is 0 Å². The van der Waals surface area contributed by atoms with Gasteiger partial charge in [-0.25, -0.2) is 4.98 Å². The average Bonchev–Trinajstić information content (AvgIpc) is 2.36. The Morgan fingerprint density at radius 3 is 2.20 bits per heavy atom. The van der Waals surface area contributed by atoms with Crippen molar-refractivity contribution in [3.05, 3.63) is 48.6 Å². The van der Waals surface area contributed by atoms with Crippen molar-refractivity contribution in [1.82, 2.24) is 4.98 Å². The highest BCUT2D eigenvalue weighted by molar-refractivity contribution is 14.1. The van der Waals surface area contributed by atoms with Gasteiger partial charge in [0.15, 0.2) is 5.69 Å². The second kappa shape index (κ2) is 5.87. The summed E-state index contributed by atoms with van der Waals surface area (Å²) in [5, 5.41) is 0.378. The molecule has 0 spiro atoms. The second-order valence-electron chi connectivity index (χ2n) is 3.75. The van der Waals surface area contributed by atoms with E-state index < -0.39 is 11.9 Å². The molecule has 0 amide bonds. The predicted molar refractivity (Wildman–Crippen MR) is 82.4 cm³/mol. The molecular formula is C12H4Cl3F3IN. The number of alkyl halides is 3. The van der Waals surface area contributed by atoms with E-state index in [9.17, 15) is 13.2 Å². The summed E-state index contributed by atoms with van der Waals surface area (Å²) < 4.78 is 38.5. The van der Waals surface area contributed by atoms with Crippen LogP contribution in [0.5, 0.6) is 0 Å². The van der Waals surface area contributed by atoms with E-state index in [-0.39, 0.29) is 24.3 Å². The van der Waals surface area contributed by atoms with Crippen LogP contribution >= 0.6 is 57.4 Å². The fraction of sp³-hybridized carbons (Fsp3) is 0.0833. The molecule has 1 heterocycles. The van der Waals surface area contributed by atoms with Gasteiger partial charge in [-0.1, -0.05) is 34.8 Å².